The Kier molecular flexibility index (Phi) is 3.82. The predicted molar refractivity (Wildman–Crippen MR) is 70.8 cm³/mol. The van der Waals surface area contributed by atoms with E-state index in [9.17, 15) is 13.9 Å². The van der Waals surface area contributed by atoms with Crippen LogP contribution in [-0.2, 0) is 12.0 Å². The average molecular weight is 273 g/mol. The highest BCUT2D eigenvalue weighted by molar-refractivity contribution is 5.36. The molecule has 0 radical (unpaired) electrons. The fraction of sp³-hybridized carbons (Fsp3) is 0.188. The number of benzene rings is 2. The first-order valence-corrected chi connectivity index (χ1v) is 6.09. The van der Waals surface area contributed by atoms with Gasteiger partial charge in [-0.2, -0.15) is 5.26 Å². The van der Waals surface area contributed by atoms with Gasteiger partial charge in [-0.25, -0.2) is 8.78 Å². The highest BCUT2D eigenvalue weighted by Gasteiger charge is 2.25. The van der Waals surface area contributed by atoms with Crippen LogP contribution in [-0.4, -0.2) is 5.11 Å². The van der Waals surface area contributed by atoms with Gasteiger partial charge < -0.3 is 5.11 Å². The third kappa shape index (κ3) is 3.01. The lowest BCUT2D eigenvalue weighted by Crippen LogP contribution is -2.25. The maximum absolute atomic E-state index is 13.6. The van der Waals surface area contributed by atoms with Gasteiger partial charge in [-0.1, -0.05) is 12.1 Å². The Labute approximate surface area is 115 Å². The van der Waals surface area contributed by atoms with Crippen molar-refractivity contribution in [1.82, 2.24) is 0 Å². The van der Waals surface area contributed by atoms with E-state index in [4.69, 9.17) is 5.26 Å². The Morgan fingerprint density at radius 3 is 2.65 bits per heavy atom. The van der Waals surface area contributed by atoms with E-state index >= 15 is 0 Å². The summed E-state index contributed by atoms with van der Waals surface area (Å²) in [7, 11) is 0. The Hall–Kier alpha value is -2.25. The van der Waals surface area contributed by atoms with Crippen LogP contribution < -0.4 is 0 Å². The summed E-state index contributed by atoms with van der Waals surface area (Å²) in [5.74, 6) is -1.12. The molecule has 1 atom stereocenters. The van der Waals surface area contributed by atoms with E-state index in [2.05, 4.69) is 0 Å². The molecule has 0 spiro atoms. The number of nitriles is 1. The summed E-state index contributed by atoms with van der Waals surface area (Å²) in [5, 5.41) is 19.3. The number of halogens is 2. The highest BCUT2D eigenvalue weighted by Crippen LogP contribution is 2.27. The monoisotopic (exact) mass is 273 g/mol. The molecule has 2 aromatic carbocycles. The van der Waals surface area contributed by atoms with Crippen LogP contribution in [0.25, 0.3) is 0 Å². The molecule has 1 unspecified atom stereocenters. The molecule has 0 aliphatic carbocycles. The van der Waals surface area contributed by atoms with Crippen LogP contribution in [0.3, 0.4) is 0 Å². The average Bonchev–Trinajstić information content (AvgIpc) is 2.43. The van der Waals surface area contributed by atoms with Gasteiger partial charge in [-0.15, -0.1) is 0 Å². The number of hydrogen-bond donors (Lipinski definition) is 1. The normalized spacial score (nSPS) is 13.6. The van der Waals surface area contributed by atoms with Gasteiger partial charge in [0.2, 0.25) is 0 Å². The SMILES string of the molecule is CC(O)(Cc1cc(F)ccc1F)c1cccc(C#N)c1. The number of aliphatic hydroxyl groups is 1. The van der Waals surface area contributed by atoms with Gasteiger partial charge in [0.25, 0.3) is 0 Å². The van der Waals surface area contributed by atoms with Crippen molar-refractivity contribution in [2.24, 2.45) is 0 Å². The summed E-state index contributed by atoms with van der Waals surface area (Å²) >= 11 is 0. The summed E-state index contributed by atoms with van der Waals surface area (Å²) in [6, 6.07) is 11.6. The Morgan fingerprint density at radius 2 is 1.95 bits per heavy atom. The van der Waals surface area contributed by atoms with Crippen molar-refractivity contribution in [1.29, 1.82) is 5.26 Å². The van der Waals surface area contributed by atoms with Crippen molar-refractivity contribution < 1.29 is 13.9 Å². The maximum atomic E-state index is 13.6. The first kappa shape index (κ1) is 14.2. The molecule has 1 N–H and O–H groups in total. The zero-order chi connectivity index (χ0) is 14.8. The molecule has 0 amide bonds. The quantitative estimate of drug-likeness (QED) is 0.932. The molecule has 0 aromatic heterocycles. The van der Waals surface area contributed by atoms with E-state index in [0.29, 0.717) is 11.1 Å². The molecule has 102 valence electrons. The molecule has 0 bridgehead atoms. The molecule has 0 saturated heterocycles. The summed E-state index contributed by atoms with van der Waals surface area (Å²) < 4.78 is 26.8. The van der Waals surface area contributed by atoms with Gasteiger partial charge in [-0.3, -0.25) is 0 Å². The van der Waals surface area contributed by atoms with E-state index in [1.165, 1.54) is 13.0 Å². The van der Waals surface area contributed by atoms with E-state index in [0.717, 1.165) is 18.2 Å². The lowest BCUT2D eigenvalue weighted by atomic mass is 9.88. The lowest BCUT2D eigenvalue weighted by Gasteiger charge is -2.24. The highest BCUT2D eigenvalue weighted by atomic mass is 19.1. The summed E-state index contributed by atoms with van der Waals surface area (Å²) in [6.07, 6.45) is -0.0779. The van der Waals surface area contributed by atoms with Crippen molar-refractivity contribution in [3.05, 3.63) is 70.8 Å². The van der Waals surface area contributed by atoms with Crippen LogP contribution in [0.15, 0.2) is 42.5 Å². The fourth-order valence-corrected chi connectivity index (χ4v) is 2.08. The third-order valence-electron chi connectivity index (χ3n) is 3.16. The lowest BCUT2D eigenvalue weighted by molar-refractivity contribution is 0.0566. The molecule has 2 rings (SSSR count). The number of nitrogens with zero attached hydrogens (tertiary/aromatic N) is 1. The Morgan fingerprint density at radius 1 is 1.20 bits per heavy atom. The minimum atomic E-state index is -1.39. The molecule has 0 aliphatic heterocycles. The van der Waals surface area contributed by atoms with Gasteiger partial charge in [0.05, 0.1) is 17.2 Å². The molecule has 0 saturated carbocycles. The van der Waals surface area contributed by atoms with Crippen molar-refractivity contribution in [3.63, 3.8) is 0 Å². The molecule has 2 nitrogen and oxygen atoms in total. The largest absolute Gasteiger partial charge is 0.385 e. The van der Waals surface area contributed by atoms with Crippen LogP contribution in [0.1, 0.15) is 23.6 Å². The summed E-state index contributed by atoms with van der Waals surface area (Å²) in [4.78, 5) is 0. The van der Waals surface area contributed by atoms with Crippen molar-refractivity contribution in [3.8, 4) is 6.07 Å². The van der Waals surface area contributed by atoms with Crippen LogP contribution in [0.5, 0.6) is 0 Å². The van der Waals surface area contributed by atoms with Crippen molar-refractivity contribution in [2.45, 2.75) is 18.9 Å². The molecule has 20 heavy (non-hydrogen) atoms. The number of rotatable bonds is 3. The van der Waals surface area contributed by atoms with Gasteiger partial charge >= 0.3 is 0 Å². The standard InChI is InChI=1S/C16H13F2NO/c1-16(20,13-4-2-3-11(7-13)10-19)9-12-8-14(17)5-6-15(12)18/h2-8,20H,9H2,1H3. The minimum Gasteiger partial charge on any atom is -0.385 e. The van der Waals surface area contributed by atoms with E-state index in [1.54, 1.807) is 18.2 Å². The first-order chi connectivity index (χ1) is 9.42. The topological polar surface area (TPSA) is 44.0 Å². The van der Waals surface area contributed by atoms with Crippen LogP contribution in [0.2, 0.25) is 0 Å². The van der Waals surface area contributed by atoms with Gasteiger partial charge in [0.15, 0.2) is 0 Å². The van der Waals surface area contributed by atoms with Gasteiger partial charge in [0.1, 0.15) is 11.6 Å². The molecule has 0 fully saturated rings. The number of hydrogen-bond acceptors (Lipinski definition) is 2. The second kappa shape index (κ2) is 5.40. The summed E-state index contributed by atoms with van der Waals surface area (Å²) in [5.41, 5.74) is -0.401. The third-order valence-corrected chi connectivity index (χ3v) is 3.16. The zero-order valence-electron chi connectivity index (χ0n) is 10.9. The molecular weight excluding hydrogens is 260 g/mol. The van der Waals surface area contributed by atoms with Crippen molar-refractivity contribution in [2.75, 3.05) is 0 Å². The fourth-order valence-electron chi connectivity index (χ4n) is 2.08. The van der Waals surface area contributed by atoms with Gasteiger partial charge in [0, 0.05) is 6.42 Å². The smallest absolute Gasteiger partial charge is 0.126 e. The summed E-state index contributed by atoms with van der Waals surface area (Å²) in [6.45, 7) is 1.51. The van der Waals surface area contributed by atoms with E-state index < -0.39 is 17.2 Å². The van der Waals surface area contributed by atoms with Crippen LogP contribution >= 0.6 is 0 Å². The molecule has 0 heterocycles. The van der Waals surface area contributed by atoms with Gasteiger partial charge in [-0.05, 0) is 48.4 Å². The molecule has 4 heteroatoms. The van der Waals surface area contributed by atoms with E-state index in [-0.39, 0.29) is 12.0 Å². The predicted octanol–water partition coefficient (Wildman–Crippen LogP) is 3.29. The van der Waals surface area contributed by atoms with Crippen LogP contribution in [0, 0.1) is 23.0 Å². The first-order valence-electron chi connectivity index (χ1n) is 6.09. The van der Waals surface area contributed by atoms with Crippen molar-refractivity contribution >= 4 is 0 Å². The second-order valence-corrected chi connectivity index (χ2v) is 4.88. The maximum Gasteiger partial charge on any atom is 0.126 e. The molecular formula is C16H13F2NO. The van der Waals surface area contributed by atoms with E-state index in [1.807, 2.05) is 6.07 Å². The Bertz CT molecular complexity index is 674. The molecule has 0 aliphatic rings. The zero-order valence-corrected chi connectivity index (χ0v) is 10.9. The Balaban J connectivity index is 2.35. The van der Waals surface area contributed by atoms with Crippen LogP contribution in [0.4, 0.5) is 8.78 Å². The molecule has 2 aromatic rings. The second-order valence-electron chi connectivity index (χ2n) is 4.88. The minimum absolute atomic E-state index is 0.0779.